The minimum atomic E-state index is -2.62. The molecule has 0 aromatic heterocycles. The minimum absolute atomic E-state index is 0.00399. The maximum atomic E-state index is 14.3. The first kappa shape index (κ1) is 54.4. The van der Waals surface area contributed by atoms with Crippen molar-refractivity contribution in [2.45, 2.75) is 265 Å². The zero-order chi connectivity index (χ0) is 44.3. The lowest BCUT2D eigenvalue weighted by atomic mass is 9.87. The summed E-state index contributed by atoms with van der Waals surface area (Å²) in [4.78, 5) is 14.3. The summed E-state index contributed by atoms with van der Waals surface area (Å²) >= 11 is 0. The van der Waals surface area contributed by atoms with Crippen molar-refractivity contribution >= 4 is 39.3 Å². The third-order valence-electron chi connectivity index (χ3n) is 14.8. The van der Waals surface area contributed by atoms with Crippen LogP contribution in [0.5, 0.6) is 0 Å². The Morgan fingerprint density at radius 1 is 0.679 bits per heavy atom. The first-order chi connectivity index (χ1) is 24.7. The summed E-state index contributed by atoms with van der Waals surface area (Å²) in [5, 5.41) is 0.146. The summed E-state index contributed by atoms with van der Waals surface area (Å²) in [6.45, 7) is 58.6. The molecule has 1 aliphatic heterocycles. The van der Waals surface area contributed by atoms with Gasteiger partial charge < -0.3 is 22.1 Å². The molecule has 0 amide bonds. The Bertz CT molecular complexity index is 1200. The molecule has 1 fully saturated rings. The SMILES string of the molecule is CC[C@H](CC[C@H](O[Si](C)(C)C(C)(C)C)[C@@H](C)[C@H](CC(=O)CC[C@H](C)[C@@H]1C[C@@H](C)O[Si](C(C)(C)C)(C(C)(C)C)O1)O[Si](C)(C)C(C)(C)C)CO[Si](C)(C)C(C)(C)C. The molecular formula is C46H98O6Si4. The van der Waals surface area contributed by atoms with Crippen LogP contribution in [-0.4, -0.2) is 70.3 Å². The molecule has 0 aromatic rings. The normalized spacial score (nSPS) is 22.4. The molecule has 0 unspecified atom stereocenters. The lowest BCUT2D eigenvalue weighted by Crippen LogP contribution is -2.64. The number of carbonyl (C=O) groups is 1. The summed E-state index contributed by atoms with van der Waals surface area (Å²) in [5.74, 6) is 1.10. The van der Waals surface area contributed by atoms with Crippen LogP contribution in [0.15, 0.2) is 0 Å². The van der Waals surface area contributed by atoms with Crippen molar-refractivity contribution in [3.05, 3.63) is 0 Å². The molecule has 10 heteroatoms. The van der Waals surface area contributed by atoms with Crippen LogP contribution in [0.4, 0.5) is 0 Å². The standard InChI is InChI=1S/C46H98O6Si4/c1-26-37(33-48-53(20,21)42(5,6)7)28-30-39(50-54(22,23)43(8,9)10)36(4)41(51-55(24,25)44(11,12)13)32-38(47)29-27-34(2)40-31-35(3)49-56(52-40,45(14,15)16)46(17,18)19/h34-37,39-41H,26-33H2,1-25H3/t34-,35+,36+,37+,39-,40-,41-/m0/s1. The molecular weight excluding hydrogens is 761 g/mol. The smallest absolute Gasteiger partial charge is 0.349 e. The van der Waals surface area contributed by atoms with E-state index in [2.05, 4.69) is 171 Å². The van der Waals surface area contributed by atoms with E-state index in [0.29, 0.717) is 24.5 Å². The molecule has 0 radical (unpaired) electrons. The summed E-state index contributed by atoms with van der Waals surface area (Å²) in [6.07, 6.45) is 5.76. The predicted molar refractivity (Wildman–Crippen MR) is 253 cm³/mol. The van der Waals surface area contributed by atoms with Crippen LogP contribution in [0.2, 0.25) is 64.5 Å². The zero-order valence-electron chi connectivity index (χ0n) is 42.1. The van der Waals surface area contributed by atoms with E-state index in [1.807, 2.05) is 0 Å². The van der Waals surface area contributed by atoms with E-state index in [1.165, 1.54) is 0 Å². The van der Waals surface area contributed by atoms with E-state index in [0.717, 1.165) is 38.7 Å². The molecule has 0 spiro atoms. The third kappa shape index (κ3) is 14.5. The molecule has 334 valence electrons. The molecule has 0 N–H and O–H groups in total. The topological polar surface area (TPSA) is 63.2 Å². The third-order valence-corrected chi connectivity index (χ3v) is 33.6. The number of hydrogen-bond donors (Lipinski definition) is 0. The van der Waals surface area contributed by atoms with Crippen molar-refractivity contribution in [3.8, 4) is 0 Å². The average molecular weight is 860 g/mol. The molecule has 0 bridgehead atoms. The van der Waals surface area contributed by atoms with Crippen molar-refractivity contribution in [2.75, 3.05) is 6.61 Å². The van der Waals surface area contributed by atoms with Gasteiger partial charge in [0.15, 0.2) is 25.0 Å². The van der Waals surface area contributed by atoms with Crippen LogP contribution in [0.1, 0.15) is 176 Å². The van der Waals surface area contributed by atoms with Gasteiger partial charge in [-0.15, -0.1) is 0 Å². The lowest BCUT2D eigenvalue weighted by molar-refractivity contribution is -0.122. The van der Waals surface area contributed by atoms with Crippen molar-refractivity contribution < 1.29 is 26.9 Å². The highest BCUT2D eigenvalue weighted by atomic mass is 28.4. The molecule has 1 aliphatic rings. The van der Waals surface area contributed by atoms with Gasteiger partial charge in [-0.05, 0) is 98.8 Å². The van der Waals surface area contributed by atoms with Gasteiger partial charge in [-0.2, -0.15) is 0 Å². The van der Waals surface area contributed by atoms with E-state index in [1.54, 1.807) is 0 Å². The Morgan fingerprint density at radius 2 is 1.12 bits per heavy atom. The maximum Gasteiger partial charge on any atom is 0.349 e. The first-order valence-electron chi connectivity index (χ1n) is 22.6. The van der Waals surface area contributed by atoms with Gasteiger partial charge in [0.2, 0.25) is 0 Å². The van der Waals surface area contributed by atoms with Gasteiger partial charge in [-0.25, -0.2) is 0 Å². The van der Waals surface area contributed by atoms with Crippen molar-refractivity contribution in [1.82, 2.24) is 0 Å². The summed E-state index contributed by atoms with van der Waals surface area (Å²) in [5.41, 5.74) is 0. The summed E-state index contributed by atoms with van der Waals surface area (Å²) in [6, 6.07) is 0. The van der Waals surface area contributed by atoms with Gasteiger partial charge >= 0.3 is 8.56 Å². The Kier molecular flexibility index (Phi) is 19.0. The summed E-state index contributed by atoms with van der Waals surface area (Å²) < 4.78 is 35.5. The van der Waals surface area contributed by atoms with E-state index in [9.17, 15) is 4.79 Å². The van der Waals surface area contributed by atoms with Crippen molar-refractivity contribution in [2.24, 2.45) is 17.8 Å². The zero-order valence-corrected chi connectivity index (χ0v) is 46.1. The van der Waals surface area contributed by atoms with Gasteiger partial charge in [0.25, 0.3) is 0 Å². The van der Waals surface area contributed by atoms with E-state index in [-0.39, 0.29) is 61.4 Å². The van der Waals surface area contributed by atoms with Crippen LogP contribution >= 0.6 is 0 Å². The number of ketones is 1. The van der Waals surface area contributed by atoms with Gasteiger partial charge in [-0.3, -0.25) is 4.79 Å². The monoisotopic (exact) mass is 859 g/mol. The average Bonchev–Trinajstić information content (AvgIpc) is 2.99. The van der Waals surface area contributed by atoms with Crippen LogP contribution in [0, 0.1) is 17.8 Å². The van der Waals surface area contributed by atoms with Crippen LogP contribution in [0.3, 0.4) is 0 Å². The highest BCUT2D eigenvalue weighted by molar-refractivity contribution is 6.75. The van der Waals surface area contributed by atoms with Crippen LogP contribution in [0.25, 0.3) is 0 Å². The molecule has 0 aromatic carbocycles. The van der Waals surface area contributed by atoms with E-state index < -0.39 is 33.5 Å². The molecule has 7 atom stereocenters. The number of rotatable bonds is 19. The van der Waals surface area contributed by atoms with Crippen molar-refractivity contribution in [3.63, 3.8) is 0 Å². The predicted octanol–water partition coefficient (Wildman–Crippen LogP) is 14.8. The Morgan fingerprint density at radius 3 is 1.54 bits per heavy atom. The van der Waals surface area contributed by atoms with E-state index >= 15 is 0 Å². The van der Waals surface area contributed by atoms with Gasteiger partial charge in [0, 0.05) is 41.5 Å². The fourth-order valence-corrected chi connectivity index (χ4v) is 16.6. The minimum Gasteiger partial charge on any atom is -0.417 e. The quantitative estimate of drug-likeness (QED) is 0.121. The Balaban J connectivity index is 3.43. The number of hydrogen-bond acceptors (Lipinski definition) is 6. The fraction of sp³-hybridized carbons (Fsp3) is 0.978. The van der Waals surface area contributed by atoms with Gasteiger partial charge in [0.1, 0.15) is 5.78 Å². The van der Waals surface area contributed by atoms with Gasteiger partial charge in [0.05, 0.1) is 18.3 Å². The second kappa shape index (κ2) is 19.6. The molecule has 0 saturated carbocycles. The maximum absolute atomic E-state index is 14.3. The molecule has 56 heavy (non-hydrogen) atoms. The molecule has 6 nitrogen and oxygen atoms in total. The number of Topliss-reactive ketones (excluding diaryl/α,β-unsaturated/α-hetero) is 1. The Hall–Kier alpha value is 0.338. The second-order valence-electron chi connectivity index (χ2n) is 24.8. The molecule has 1 rings (SSSR count). The van der Waals surface area contributed by atoms with Gasteiger partial charge in [-0.1, -0.05) is 131 Å². The molecule has 1 saturated heterocycles. The van der Waals surface area contributed by atoms with Crippen LogP contribution in [-0.2, 0) is 26.9 Å². The molecule has 1 heterocycles. The highest BCUT2D eigenvalue weighted by Crippen LogP contribution is 2.56. The van der Waals surface area contributed by atoms with E-state index in [4.69, 9.17) is 22.1 Å². The second-order valence-corrected chi connectivity index (χ2v) is 43.8. The molecule has 0 aliphatic carbocycles. The first-order valence-corrected chi connectivity index (χ1v) is 33.2. The van der Waals surface area contributed by atoms with Crippen molar-refractivity contribution in [1.29, 1.82) is 0 Å². The number of carbonyl (C=O) groups excluding carboxylic acids is 1. The Labute approximate surface area is 354 Å². The largest absolute Gasteiger partial charge is 0.417 e. The van der Waals surface area contributed by atoms with Crippen LogP contribution < -0.4 is 0 Å². The lowest BCUT2D eigenvalue weighted by Gasteiger charge is -2.55. The summed E-state index contributed by atoms with van der Waals surface area (Å²) in [7, 11) is -8.82. The highest BCUT2D eigenvalue weighted by Gasteiger charge is 2.62. The fourth-order valence-electron chi connectivity index (χ4n) is 7.49.